The lowest BCUT2D eigenvalue weighted by Crippen LogP contribution is -2.15. The number of anilines is 3. The molecule has 0 spiro atoms. The van der Waals surface area contributed by atoms with Gasteiger partial charge in [0.05, 0.1) is 38.5 Å². The van der Waals surface area contributed by atoms with Crippen molar-refractivity contribution in [3.05, 3.63) is 46.6 Å². The highest BCUT2D eigenvalue weighted by Gasteiger charge is 2.15. The molecule has 152 valence electrons. The summed E-state index contributed by atoms with van der Waals surface area (Å²) in [4.78, 5) is 21.0. The molecule has 29 heavy (non-hydrogen) atoms. The lowest BCUT2D eigenvalue weighted by molar-refractivity contribution is -0.115. The van der Waals surface area contributed by atoms with Gasteiger partial charge in [0, 0.05) is 29.4 Å². The second kappa shape index (κ2) is 9.44. The quantitative estimate of drug-likeness (QED) is 0.550. The molecule has 0 radical (unpaired) electrons. The van der Waals surface area contributed by atoms with Gasteiger partial charge in [-0.3, -0.25) is 4.79 Å². The monoisotopic (exact) mass is 434 g/mol. The lowest BCUT2D eigenvalue weighted by Gasteiger charge is -2.14. The first-order valence-corrected chi connectivity index (χ1v) is 9.71. The van der Waals surface area contributed by atoms with Gasteiger partial charge < -0.3 is 24.8 Å². The smallest absolute Gasteiger partial charge is 0.230 e. The first kappa shape index (κ1) is 20.7. The number of amides is 1. The topological polar surface area (TPSA) is 94.6 Å². The van der Waals surface area contributed by atoms with Gasteiger partial charge in [-0.2, -0.15) is 0 Å². The molecule has 0 saturated carbocycles. The van der Waals surface area contributed by atoms with Crippen LogP contribution in [-0.2, 0) is 11.2 Å². The molecule has 1 amide bonds. The average Bonchev–Trinajstić information content (AvgIpc) is 3.15. The molecule has 2 N–H and O–H groups in total. The number of halogens is 1. The van der Waals surface area contributed by atoms with Crippen LogP contribution in [0.15, 0.2) is 35.8 Å². The molecule has 1 aromatic carbocycles. The summed E-state index contributed by atoms with van der Waals surface area (Å²) in [5.74, 6) is 1.77. The van der Waals surface area contributed by atoms with Crippen molar-refractivity contribution < 1.29 is 19.0 Å². The van der Waals surface area contributed by atoms with E-state index in [1.165, 1.54) is 32.7 Å². The molecule has 0 aliphatic rings. The zero-order valence-electron chi connectivity index (χ0n) is 16.0. The van der Waals surface area contributed by atoms with E-state index in [0.717, 1.165) is 0 Å². The van der Waals surface area contributed by atoms with Crippen molar-refractivity contribution in [1.82, 2.24) is 9.97 Å². The van der Waals surface area contributed by atoms with E-state index in [9.17, 15) is 4.79 Å². The van der Waals surface area contributed by atoms with Crippen molar-refractivity contribution in [2.75, 3.05) is 32.0 Å². The van der Waals surface area contributed by atoms with E-state index in [4.69, 9.17) is 25.8 Å². The number of hydrogen-bond acceptors (Lipinski definition) is 8. The molecule has 0 fully saturated rings. The largest absolute Gasteiger partial charge is 0.493 e. The standard InChI is InChI=1S/C19H19ClN4O4S/c1-26-14-6-12(7-15(27-2)18(14)28-3)22-17(25)8-13-10-29-19(23-13)24-16-5-4-11(20)9-21-16/h4-7,9-10H,8H2,1-3H3,(H,22,25)(H,21,23,24). The number of nitrogens with one attached hydrogen (secondary N) is 2. The Morgan fingerprint density at radius 1 is 1.14 bits per heavy atom. The Balaban J connectivity index is 1.65. The first-order valence-electron chi connectivity index (χ1n) is 8.45. The number of benzene rings is 1. The van der Waals surface area contributed by atoms with Crippen molar-refractivity contribution in [2.24, 2.45) is 0 Å². The number of nitrogens with zero attached hydrogens (tertiary/aromatic N) is 2. The molecular weight excluding hydrogens is 416 g/mol. The number of ether oxygens (including phenoxy) is 3. The maximum Gasteiger partial charge on any atom is 0.230 e. The lowest BCUT2D eigenvalue weighted by atomic mass is 10.2. The third kappa shape index (κ3) is 5.27. The molecular formula is C19H19ClN4O4S. The third-order valence-corrected chi connectivity index (χ3v) is 4.83. The molecule has 0 unspecified atom stereocenters. The molecule has 0 aliphatic carbocycles. The van der Waals surface area contributed by atoms with Crippen molar-refractivity contribution in [3.8, 4) is 17.2 Å². The van der Waals surface area contributed by atoms with Crippen molar-refractivity contribution >= 4 is 45.5 Å². The molecule has 0 aliphatic heterocycles. The summed E-state index contributed by atoms with van der Waals surface area (Å²) in [6, 6.07) is 6.82. The zero-order chi connectivity index (χ0) is 20.8. The highest BCUT2D eigenvalue weighted by Crippen LogP contribution is 2.39. The van der Waals surface area contributed by atoms with Crippen LogP contribution in [0.2, 0.25) is 5.02 Å². The molecule has 0 saturated heterocycles. The van der Waals surface area contributed by atoms with E-state index in [-0.39, 0.29) is 12.3 Å². The second-order valence-electron chi connectivity index (χ2n) is 5.77. The van der Waals surface area contributed by atoms with Crippen LogP contribution in [-0.4, -0.2) is 37.2 Å². The number of aromatic nitrogens is 2. The molecule has 8 nitrogen and oxygen atoms in total. The second-order valence-corrected chi connectivity index (χ2v) is 7.06. The van der Waals surface area contributed by atoms with Gasteiger partial charge in [0.2, 0.25) is 11.7 Å². The van der Waals surface area contributed by atoms with Crippen LogP contribution in [0.1, 0.15) is 5.69 Å². The predicted octanol–water partition coefficient (Wildman–Crippen LogP) is 4.14. The van der Waals surface area contributed by atoms with E-state index in [2.05, 4.69) is 20.6 Å². The maximum atomic E-state index is 12.4. The molecule has 2 aromatic heterocycles. The van der Waals surface area contributed by atoms with E-state index in [0.29, 0.717) is 44.6 Å². The van der Waals surface area contributed by atoms with E-state index in [1.807, 2.05) is 5.38 Å². The van der Waals surface area contributed by atoms with Gasteiger partial charge in [0.15, 0.2) is 16.6 Å². The molecule has 3 rings (SSSR count). The molecule has 0 atom stereocenters. The van der Waals surface area contributed by atoms with Gasteiger partial charge in [0.25, 0.3) is 0 Å². The summed E-state index contributed by atoms with van der Waals surface area (Å²) in [7, 11) is 4.55. The predicted molar refractivity (Wildman–Crippen MR) is 113 cm³/mol. The Bertz CT molecular complexity index is 969. The van der Waals surface area contributed by atoms with E-state index < -0.39 is 0 Å². The van der Waals surface area contributed by atoms with E-state index >= 15 is 0 Å². The normalized spacial score (nSPS) is 10.3. The Hall–Kier alpha value is -3.04. The maximum absolute atomic E-state index is 12.4. The number of pyridine rings is 1. The van der Waals surface area contributed by atoms with Gasteiger partial charge in [-0.1, -0.05) is 11.6 Å². The van der Waals surface area contributed by atoms with Crippen LogP contribution in [0, 0.1) is 0 Å². The molecule has 3 aromatic rings. The van der Waals surface area contributed by atoms with Crippen molar-refractivity contribution in [1.29, 1.82) is 0 Å². The van der Waals surface area contributed by atoms with E-state index in [1.54, 1.807) is 30.5 Å². The number of carbonyl (C=O) groups excluding carboxylic acids is 1. The Morgan fingerprint density at radius 3 is 2.45 bits per heavy atom. The van der Waals surface area contributed by atoms with Crippen molar-refractivity contribution in [2.45, 2.75) is 6.42 Å². The van der Waals surface area contributed by atoms with Crippen LogP contribution >= 0.6 is 22.9 Å². The summed E-state index contributed by atoms with van der Waals surface area (Å²) in [6.45, 7) is 0. The summed E-state index contributed by atoms with van der Waals surface area (Å²) in [5, 5.41) is 8.90. The molecule has 0 bridgehead atoms. The number of rotatable bonds is 8. The van der Waals surface area contributed by atoms with Crippen molar-refractivity contribution in [3.63, 3.8) is 0 Å². The SMILES string of the molecule is COc1cc(NC(=O)Cc2csc(Nc3ccc(Cl)cn3)n2)cc(OC)c1OC. The van der Waals surface area contributed by atoms with Crippen LogP contribution in [0.25, 0.3) is 0 Å². The van der Waals surface area contributed by atoms with Crippen LogP contribution in [0.4, 0.5) is 16.6 Å². The molecule has 10 heteroatoms. The fraction of sp³-hybridized carbons (Fsp3) is 0.211. The Labute approximate surface area is 176 Å². The molecule has 2 heterocycles. The Morgan fingerprint density at radius 2 is 1.86 bits per heavy atom. The van der Waals surface area contributed by atoms with Crippen LogP contribution < -0.4 is 24.8 Å². The average molecular weight is 435 g/mol. The number of hydrogen-bond donors (Lipinski definition) is 2. The summed E-state index contributed by atoms with van der Waals surface area (Å²) in [6.07, 6.45) is 1.66. The minimum absolute atomic E-state index is 0.114. The zero-order valence-corrected chi connectivity index (χ0v) is 17.6. The van der Waals surface area contributed by atoms with Gasteiger partial charge in [-0.15, -0.1) is 11.3 Å². The van der Waals surface area contributed by atoms with Gasteiger partial charge in [-0.25, -0.2) is 9.97 Å². The van der Waals surface area contributed by atoms with Gasteiger partial charge in [-0.05, 0) is 12.1 Å². The summed E-state index contributed by atoms with van der Waals surface area (Å²) >= 11 is 7.21. The van der Waals surface area contributed by atoms with Crippen LogP contribution in [0.5, 0.6) is 17.2 Å². The summed E-state index contributed by atoms with van der Waals surface area (Å²) in [5.41, 5.74) is 1.17. The van der Waals surface area contributed by atoms with Gasteiger partial charge in [0.1, 0.15) is 5.82 Å². The van der Waals surface area contributed by atoms with Crippen LogP contribution in [0.3, 0.4) is 0 Å². The fourth-order valence-electron chi connectivity index (χ4n) is 2.53. The highest BCUT2D eigenvalue weighted by molar-refractivity contribution is 7.13. The minimum Gasteiger partial charge on any atom is -0.493 e. The Kier molecular flexibility index (Phi) is 6.73. The summed E-state index contributed by atoms with van der Waals surface area (Å²) < 4.78 is 15.9. The third-order valence-electron chi connectivity index (χ3n) is 3.80. The number of methoxy groups -OCH3 is 3. The minimum atomic E-state index is -0.222. The fourth-order valence-corrected chi connectivity index (χ4v) is 3.36. The highest BCUT2D eigenvalue weighted by atomic mass is 35.5. The first-order chi connectivity index (χ1) is 14.0. The number of thiazole rings is 1. The van der Waals surface area contributed by atoms with Gasteiger partial charge >= 0.3 is 0 Å². The number of carbonyl (C=O) groups is 1.